The van der Waals surface area contributed by atoms with Gasteiger partial charge in [-0.25, -0.2) is 0 Å². The van der Waals surface area contributed by atoms with Crippen LogP contribution in [0, 0.1) is 12.8 Å². The second-order valence-electron chi connectivity index (χ2n) is 9.89. The lowest BCUT2D eigenvalue weighted by atomic mass is 9.83. The van der Waals surface area contributed by atoms with E-state index in [0.717, 1.165) is 47.9 Å². The Balaban J connectivity index is 1.38. The van der Waals surface area contributed by atoms with Gasteiger partial charge in [0.15, 0.2) is 0 Å². The van der Waals surface area contributed by atoms with E-state index in [4.69, 9.17) is 11.6 Å². The molecule has 1 aliphatic carbocycles. The first-order valence-corrected chi connectivity index (χ1v) is 11.9. The van der Waals surface area contributed by atoms with Crippen molar-refractivity contribution in [3.63, 3.8) is 0 Å². The molecule has 0 unspecified atom stereocenters. The number of carbonyl (C=O) groups is 2. The molecular formula is C26H28ClF3N2O2. The summed E-state index contributed by atoms with van der Waals surface area (Å²) in [6.45, 7) is 6.58. The van der Waals surface area contributed by atoms with Gasteiger partial charge in [0.25, 0.3) is 5.91 Å². The average Bonchev–Trinajstić information content (AvgIpc) is 2.95. The Morgan fingerprint density at radius 3 is 2.47 bits per heavy atom. The molecule has 4 nitrogen and oxygen atoms in total. The number of nitrogens with zero attached hydrogens (tertiary/aromatic N) is 1. The molecule has 0 atom stereocenters. The summed E-state index contributed by atoms with van der Waals surface area (Å²) in [5.41, 5.74) is 1.53. The molecule has 1 fully saturated rings. The van der Waals surface area contributed by atoms with E-state index in [9.17, 15) is 22.8 Å². The second kappa shape index (κ2) is 8.91. The number of hydrogen-bond acceptors (Lipinski definition) is 2. The molecular weight excluding hydrogens is 465 g/mol. The maximum atomic E-state index is 13.2. The van der Waals surface area contributed by atoms with E-state index >= 15 is 0 Å². The zero-order valence-corrected chi connectivity index (χ0v) is 20.2. The topological polar surface area (TPSA) is 49.4 Å². The number of anilines is 1. The van der Waals surface area contributed by atoms with Crippen LogP contribution in [0.5, 0.6) is 0 Å². The molecule has 0 spiro atoms. The number of rotatable bonds is 4. The van der Waals surface area contributed by atoms with Gasteiger partial charge in [-0.15, -0.1) is 0 Å². The highest BCUT2D eigenvalue weighted by Crippen LogP contribution is 2.44. The van der Waals surface area contributed by atoms with E-state index in [1.807, 2.05) is 43.9 Å². The molecule has 2 aliphatic rings. The summed E-state index contributed by atoms with van der Waals surface area (Å²) in [7, 11) is 0. The first-order valence-electron chi connectivity index (χ1n) is 11.5. The zero-order valence-electron chi connectivity index (χ0n) is 19.4. The summed E-state index contributed by atoms with van der Waals surface area (Å²) in [4.78, 5) is 27.7. The normalized spacial score (nSPS) is 22.0. The SMILES string of the molecule is Cc1cccc2c1C(C)(C)C(=O)N2CC1CCC(NC(=O)c2cc(C(F)(F)F)ccc2Cl)CC1. The van der Waals surface area contributed by atoms with Crippen molar-refractivity contribution in [2.75, 3.05) is 11.4 Å². The summed E-state index contributed by atoms with van der Waals surface area (Å²) >= 11 is 6.00. The number of fused-ring (bicyclic) bond motifs is 1. The third-order valence-electron chi connectivity index (χ3n) is 7.11. The molecule has 4 rings (SSSR count). The van der Waals surface area contributed by atoms with Gasteiger partial charge in [0.05, 0.1) is 21.6 Å². The van der Waals surface area contributed by atoms with Gasteiger partial charge in [0.1, 0.15) is 0 Å². The Kier molecular flexibility index (Phi) is 6.44. The van der Waals surface area contributed by atoms with Crippen LogP contribution in [0.25, 0.3) is 0 Å². The number of nitrogens with one attached hydrogen (secondary N) is 1. The molecule has 1 aliphatic heterocycles. The standard InChI is InChI=1S/C26H28ClF3N2O2/c1-15-5-4-6-21-22(15)25(2,3)24(34)32(21)14-16-7-10-18(11-8-16)31-23(33)19-13-17(26(28,29)30)9-12-20(19)27/h4-6,9,12-13,16,18H,7-8,10-11,14H2,1-3H3,(H,31,33). The fourth-order valence-electron chi connectivity index (χ4n) is 5.31. The minimum absolute atomic E-state index is 0.0108. The Labute approximate surface area is 202 Å². The van der Waals surface area contributed by atoms with E-state index in [0.29, 0.717) is 19.4 Å². The van der Waals surface area contributed by atoms with Crippen molar-refractivity contribution >= 4 is 29.1 Å². The Morgan fingerprint density at radius 1 is 1.15 bits per heavy atom. The molecule has 1 heterocycles. The average molecular weight is 493 g/mol. The number of amides is 2. The Bertz CT molecular complexity index is 1120. The van der Waals surface area contributed by atoms with Crippen LogP contribution < -0.4 is 10.2 Å². The van der Waals surface area contributed by atoms with Crippen molar-refractivity contribution in [1.82, 2.24) is 5.32 Å². The van der Waals surface area contributed by atoms with Crippen LogP contribution in [-0.4, -0.2) is 24.4 Å². The summed E-state index contributed by atoms with van der Waals surface area (Å²) in [5.74, 6) is -0.205. The summed E-state index contributed by atoms with van der Waals surface area (Å²) < 4.78 is 39.1. The molecule has 182 valence electrons. The highest BCUT2D eigenvalue weighted by molar-refractivity contribution is 6.33. The Morgan fingerprint density at radius 2 is 1.82 bits per heavy atom. The van der Waals surface area contributed by atoms with Crippen LogP contribution >= 0.6 is 11.6 Å². The van der Waals surface area contributed by atoms with E-state index in [-0.39, 0.29) is 28.5 Å². The second-order valence-corrected chi connectivity index (χ2v) is 10.3. The van der Waals surface area contributed by atoms with Crippen molar-refractivity contribution in [3.05, 3.63) is 63.7 Å². The lowest BCUT2D eigenvalue weighted by molar-refractivity contribution is -0.137. The highest BCUT2D eigenvalue weighted by atomic mass is 35.5. The van der Waals surface area contributed by atoms with E-state index in [1.54, 1.807) is 0 Å². The molecule has 0 aromatic heterocycles. The van der Waals surface area contributed by atoms with Gasteiger partial charge in [-0.2, -0.15) is 13.2 Å². The predicted molar refractivity (Wildman–Crippen MR) is 126 cm³/mol. The number of benzene rings is 2. The zero-order chi connectivity index (χ0) is 24.8. The summed E-state index contributed by atoms with van der Waals surface area (Å²) in [5, 5.41) is 2.83. The van der Waals surface area contributed by atoms with Gasteiger partial charge < -0.3 is 10.2 Å². The Hall–Kier alpha value is -2.54. The lowest BCUT2D eigenvalue weighted by Crippen LogP contribution is -2.42. The number of carbonyl (C=O) groups excluding carboxylic acids is 2. The molecule has 8 heteroatoms. The fraction of sp³-hybridized carbons (Fsp3) is 0.462. The molecule has 1 N–H and O–H groups in total. The van der Waals surface area contributed by atoms with Gasteiger partial charge in [-0.3, -0.25) is 9.59 Å². The summed E-state index contributed by atoms with van der Waals surface area (Å²) in [6.07, 6.45) is -1.53. The molecule has 34 heavy (non-hydrogen) atoms. The molecule has 2 amide bonds. The minimum Gasteiger partial charge on any atom is -0.349 e. The van der Waals surface area contributed by atoms with Gasteiger partial charge in [0, 0.05) is 18.3 Å². The smallest absolute Gasteiger partial charge is 0.349 e. The fourth-order valence-corrected chi connectivity index (χ4v) is 5.51. The van der Waals surface area contributed by atoms with E-state index in [1.165, 1.54) is 0 Å². The largest absolute Gasteiger partial charge is 0.416 e. The van der Waals surface area contributed by atoms with Crippen LogP contribution in [0.4, 0.5) is 18.9 Å². The van der Waals surface area contributed by atoms with Crippen molar-refractivity contribution in [2.24, 2.45) is 5.92 Å². The van der Waals surface area contributed by atoms with Crippen LogP contribution in [0.15, 0.2) is 36.4 Å². The molecule has 1 saturated carbocycles. The van der Waals surface area contributed by atoms with Gasteiger partial charge in [-0.1, -0.05) is 23.7 Å². The minimum atomic E-state index is -4.55. The number of hydrogen-bond donors (Lipinski definition) is 1. The quantitative estimate of drug-likeness (QED) is 0.546. The predicted octanol–water partition coefficient (Wildman–Crippen LogP) is 6.28. The van der Waals surface area contributed by atoms with Crippen LogP contribution in [0.2, 0.25) is 5.02 Å². The number of aryl methyl sites for hydroxylation is 1. The monoisotopic (exact) mass is 492 g/mol. The lowest BCUT2D eigenvalue weighted by Gasteiger charge is -2.32. The van der Waals surface area contributed by atoms with Gasteiger partial charge in [-0.05, 0) is 87.8 Å². The summed E-state index contributed by atoms with van der Waals surface area (Å²) in [6, 6.07) is 8.62. The first-order chi connectivity index (χ1) is 15.9. The van der Waals surface area contributed by atoms with Crippen LogP contribution in [0.3, 0.4) is 0 Å². The van der Waals surface area contributed by atoms with Gasteiger partial charge >= 0.3 is 6.18 Å². The van der Waals surface area contributed by atoms with Crippen molar-refractivity contribution in [2.45, 2.75) is 64.1 Å². The first kappa shape index (κ1) is 24.6. The molecule has 0 bridgehead atoms. The van der Waals surface area contributed by atoms with Crippen LogP contribution in [0.1, 0.15) is 66.6 Å². The molecule has 0 saturated heterocycles. The van der Waals surface area contributed by atoms with Crippen molar-refractivity contribution in [3.8, 4) is 0 Å². The van der Waals surface area contributed by atoms with E-state index in [2.05, 4.69) is 5.32 Å². The van der Waals surface area contributed by atoms with Crippen LogP contribution in [-0.2, 0) is 16.4 Å². The van der Waals surface area contributed by atoms with Gasteiger partial charge in [0.2, 0.25) is 5.91 Å². The maximum absolute atomic E-state index is 13.2. The third kappa shape index (κ3) is 4.54. The maximum Gasteiger partial charge on any atom is 0.416 e. The third-order valence-corrected chi connectivity index (χ3v) is 7.44. The van der Waals surface area contributed by atoms with Crippen molar-refractivity contribution in [1.29, 1.82) is 0 Å². The van der Waals surface area contributed by atoms with Crippen molar-refractivity contribution < 1.29 is 22.8 Å². The highest BCUT2D eigenvalue weighted by Gasteiger charge is 2.45. The number of halogens is 4. The molecule has 2 aromatic carbocycles. The number of alkyl halides is 3. The van der Waals surface area contributed by atoms with E-state index < -0.39 is 23.1 Å². The molecule has 2 aromatic rings. The molecule has 0 radical (unpaired) electrons.